The van der Waals surface area contributed by atoms with Crippen LogP contribution in [0.1, 0.15) is 46.0 Å². The smallest absolute Gasteiger partial charge is 0.333 e. The molecule has 2 amide bonds. The number of carbonyl (C=O) groups is 1. The van der Waals surface area contributed by atoms with Gasteiger partial charge in [-0.3, -0.25) is 10.2 Å². The van der Waals surface area contributed by atoms with Crippen LogP contribution in [0.15, 0.2) is 0 Å². The summed E-state index contributed by atoms with van der Waals surface area (Å²) < 4.78 is 0.0225. The number of amides is 2. The second kappa shape index (κ2) is 6.05. The van der Waals surface area contributed by atoms with Gasteiger partial charge in [-0.05, 0) is 26.7 Å². The molecule has 0 bridgehead atoms. The van der Waals surface area contributed by atoms with Gasteiger partial charge in [-0.2, -0.15) is 5.06 Å². The van der Waals surface area contributed by atoms with E-state index in [9.17, 15) is 10.0 Å². The van der Waals surface area contributed by atoms with Crippen molar-refractivity contribution < 1.29 is 10.0 Å². The summed E-state index contributed by atoms with van der Waals surface area (Å²) in [5.74, 6) is 5.86. The van der Waals surface area contributed by atoms with Crippen molar-refractivity contribution in [3.05, 3.63) is 0 Å². The minimum absolute atomic E-state index is 0.140. The largest absolute Gasteiger partial charge is 0.343 e. The number of carbonyl (C=O) groups excluding carboxylic acids is 1. The van der Waals surface area contributed by atoms with Gasteiger partial charge >= 0.3 is 6.03 Å². The predicted molar refractivity (Wildman–Crippen MR) is 83.1 cm³/mol. The Kier molecular flexibility index (Phi) is 4.78. The third-order valence-corrected chi connectivity index (χ3v) is 5.40. The fraction of sp³-hybridized carbons (Fsp3) is 0.833. The fourth-order valence-corrected chi connectivity index (χ4v) is 4.49. The van der Waals surface area contributed by atoms with Crippen molar-refractivity contribution in [3.63, 3.8) is 0 Å². The Morgan fingerprint density at radius 2 is 2.10 bits per heavy atom. The summed E-state index contributed by atoms with van der Waals surface area (Å²) >= 11 is 6.51. The molecule has 2 rings (SSSR count). The minimum Gasteiger partial charge on any atom is -0.333 e. The molecule has 8 heteroatoms. The number of nitrogens with two attached hydrogens (primary N) is 1. The lowest BCUT2D eigenvalue weighted by Crippen LogP contribution is -2.59. The van der Waals surface area contributed by atoms with Crippen LogP contribution in [0.5, 0.6) is 0 Å². The van der Waals surface area contributed by atoms with Gasteiger partial charge in [0.2, 0.25) is 0 Å². The number of nitrogens with zero attached hydrogens (tertiary/aromatic N) is 2. The highest BCUT2D eigenvalue weighted by atomic mass is 32.2. The third kappa shape index (κ3) is 3.19. The number of hydrogen-bond acceptors (Lipinski definition) is 5. The number of urea groups is 1. The van der Waals surface area contributed by atoms with E-state index in [-0.39, 0.29) is 6.04 Å². The molecule has 2 fully saturated rings. The van der Waals surface area contributed by atoms with Crippen LogP contribution in [-0.2, 0) is 0 Å². The van der Waals surface area contributed by atoms with E-state index >= 15 is 0 Å². The number of thiocarbonyl (C=S) groups is 1. The van der Waals surface area contributed by atoms with E-state index in [0.29, 0.717) is 9.38 Å². The molecule has 1 saturated heterocycles. The first-order chi connectivity index (χ1) is 9.33. The maximum Gasteiger partial charge on any atom is 0.343 e. The summed E-state index contributed by atoms with van der Waals surface area (Å²) in [6.45, 7) is 3.80. The first-order valence-electron chi connectivity index (χ1n) is 6.88. The van der Waals surface area contributed by atoms with E-state index in [1.807, 2.05) is 13.8 Å². The van der Waals surface area contributed by atoms with Gasteiger partial charge in [-0.1, -0.05) is 43.2 Å². The molecule has 1 atom stereocenters. The van der Waals surface area contributed by atoms with Crippen molar-refractivity contribution in [2.45, 2.75) is 62.9 Å². The second-order valence-electron chi connectivity index (χ2n) is 5.88. The molecular formula is C12H22N4O2S2. The number of nitrogens with one attached hydrogen (secondary N) is 1. The first-order valence-corrected chi connectivity index (χ1v) is 8.11. The molecule has 0 spiro atoms. The highest BCUT2D eigenvalue weighted by molar-refractivity contribution is 8.24. The Morgan fingerprint density at radius 1 is 1.50 bits per heavy atom. The highest BCUT2D eigenvalue weighted by Crippen LogP contribution is 2.40. The molecule has 1 aliphatic carbocycles. The van der Waals surface area contributed by atoms with Gasteiger partial charge in [0.15, 0.2) is 10.5 Å². The van der Waals surface area contributed by atoms with Crippen molar-refractivity contribution in [2.24, 2.45) is 5.84 Å². The normalized spacial score (nSPS) is 26.7. The monoisotopic (exact) mass is 318 g/mol. The predicted octanol–water partition coefficient (Wildman–Crippen LogP) is 2.03. The highest BCUT2D eigenvalue weighted by Gasteiger charge is 2.48. The molecule has 0 unspecified atom stereocenters. The molecule has 4 N–H and O–H groups in total. The van der Waals surface area contributed by atoms with Crippen molar-refractivity contribution >= 4 is 34.3 Å². The van der Waals surface area contributed by atoms with Crippen LogP contribution in [0.3, 0.4) is 0 Å². The number of rotatable bonds is 2. The molecule has 1 heterocycles. The molecule has 1 saturated carbocycles. The number of hydrogen-bond donors (Lipinski definition) is 3. The molecular weight excluding hydrogens is 296 g/mol. The molecule has 0 aromatic heterocycles. The van der Waals surface area contributed by atoms with Crippen LogP contribution in [-0.4, -0.2) is 42.6 Å². The number of thioether (sulfide) groups is 1. The lowest BCUT2D eigenvalue weighted by molar-refractivity contribution is -0.119. The molecule has 20 heavy (non-hydrogen) atoms. The Morgan fingerprint density at radius 3 is 2.60 bits per heavy atom. The van der Waals surface area contributed by atoms with Crippen LogP contribution in [0, 0.1) is 0 Å². The molecule has 2 aliphatic rings. The second-order valence-corrected chi connectivity index (χ2v) is 8.17. The van der Waals surface area contributed by atoms with Crippen LogP contribution in [0.2, 0.25) is 0 Å². The van der Waals surface area contributed by atoms with E-state index in [4.69, 9.17) is 18.1 Å². The van der Waals surface area contributed by atoms with Crippen molar-refractivity contribution in [1.29, 1.82) is 0 Å². The van der Waals surface area contributed by atoms with Gasteiger partial charge in [0.25, 0.3) is 0 Å². The first kappa shape index (κ1) is 15.8. The summed E-state index contributed by atoms with van der Waals surface area (Å²) in [5.41, 5.74) is 0. The molecule has 0 radical (unpaired) electrons. The van der Waals surface area contributed by atoms with Gasteiger partial charge in [0, 0.05) is 6.04 Å². The Labute approximate surface area is 129 Å². The van der Waals surface area contributed by atoms with Crippen LogP contribution in [0.4, 0.5) is 4.79 Å². The number of hydrazine groups is 1. The van der Waals surface area contributed by atoms with Crippen molar-refractivity contribution in [2.75, 3.05) is 0 Å². The summed E-state index contributed by atoms with van der Waals surface area (Å²) in [7, 11) is 0. The summed E-state index contributed by atoms with van der Waals surface area (Å²) in [4.78, 5) is 12.2. The Bertz CT molecular complexity index is 399. The summed E-state index contributed by atoms with van der Waals surface area (Å²) in [6, 6.07) is -0.364. The lowest BCUT2D eigenvalue weighted by Gasteiger charge is -2.35. The molecule has 1 aliphatic heterocycles. The van der Waals surface area contributed by atoms with Crippen LogP contribution in [0.25, 0.3) is 0 Å². The average Bonchev–Trinajstić information content (AvgIpc) is 2.58. The van der Waals surface area contributed by atoms with Crippen LogP contribution >= 0.6 is 24.0 Å². The van der Waals surface area contributed by atoms with E-state index in [1.165, 1.54) is 23.2 Å². The average molecular weight is 318 g/mol. The van der Waals surface area contributed by atoms with Crippen molar-refractivity contribution in [1.82, 2.24) is 15.4 Å². The zero-order valence-corrected chi connectivity index (χ0v) is 13.5. The maximum absolute atomic E-state index is 12.2. The third-order valence-electron chi connectivity index (χ3n) is 3.82. The molecule has 0 aromatic carbocycles. The topological polar surface area (TPSA) is 81.8 Å². The number of hydroxylamine groups is 2. The van der Waals surface area contributed by atoms with E-state index in [2.05, 4.69) is 5.32 Å². The van der Waals surface area contributed by atoms with Gasteiger partial charge in [0.1, 0.15) is 0 Å². The Hall–Kier alpha value is -0.570. The van der Waals surface area contributed by atoms with Gasteiger partial charge in [-0.25, -0.2) is 10.6 Å². The van der Waals surface area contributed by atoms with E-state index in [1.54, 1.807) is 0 Å². The zero-order valence-electron chi connectivity index (χ0n) is 11.8. The van der Waals surface area contributed by atoms with E-state index in [0.717, 1.165) is 25.7 Å². The summed E-state index contributed by atoms with van der Waals surface area (Å²) in [5, 5.41) is 15.0. The van der Waals surface area contributed by atoms with E-state index < -0.39 is 16.9 Å². The standard InChI is InChI=1S/C12H22N4O2S2/c1-12(2)9(15(13)11(19)20-12)16(18)10(17)14-8-6-4-3-5-7-8/h8-9,18H,3-7,13H2,1-2H3,(H,14,17)/t9-/m1/s1. The summed E-state index contributed by atoms with van der Waals surface area (Å²) in [6.07, 6.45) is 4.72. The van der Waals surface area contributed by atoms with Gasteiger partial charge in [-0.15, -0.1) is 0 Å². The SMILES string of the molecule is CC1(C)SC(=S)N(N)[C@@H]1N(O)C(=O)NC1CCCCC1. The minimum atomic E-state index is -0.663. The zero-order chi connectivity index (χ0) is 14.9. The molecule has 0 aromatic rings. The van der Waals surface area contributed by atoms with Crippen molar-refractivity contribution in [3.8, 4) is 0 Å². The lowest BCUT2D eigenvalue weighted by atomic mass is 9.96. The molecule has 114 valence electrons. The van der Waals surface area contributed by atoms with Gasteiger partial charge in [0.05, 0.1) is 4.75 Å². The fourth-order valence-electron chi connectivity index (χ4n) is 2.78. The molecule has 6 nitrogen and oxygen atoms in total. The maximum atomic E-state index is 12.2. The van der Waals surface area contributed by atoms with Gasteiger partial charge < -0.3 is 5.32 Å². The quantitative estimate of drug-likeness (QED) is 0.313. The Balaban J connectivity index is 2.00. The van der Waals surface area contributed by atoms with Crippen LogP contribution < -0.4 is 11.2 Å².